The largest absolute Gasteiger partial charge is 0.355 e. The Kier molecular flexibility index (Phi) is 3.62. The van der Waals surface area contributed by atoms with Gasteiger partial charge in [-0.3, -0.25) is 4.79 Å². The van der Waals surface area contributed by atoms with E-state index in [2.05, 4.69) is 15.7 Å². The van der Waals surface area contributed by atoms with E-state index in [0.29, 0.717) is 11.4 Å². The molecule has 0 aliphatic carbocycles. The molecule has 0 aromatic carbocycles. The zero-order valence-electron chi connectivity index (χ0n) is 9.16. The molecule has 0 atom stereocenters. The summed E-state index contributed by atoms with van der Waals surface area (Å²) >= 11 is 0. The second-order valence-electron chi connectivity index (χ2n) is 3.54. The monoisotopic (exact) mass is 208 g/mol. The molecule has 4 N–H and O–H groups in total. The minimum atomic E-state index is -0.143. The van der Waals surface area contributed by atoms with E-state index in [9.17, 15) is 4.79 Å². The summed E-state index contributed by atoms with van der Waals surface area (Å²) in [6.07, 6.45) is 0. The molecule has 1 amide bonds. The van der Waals surface area contributed by atoms with E-state index in [-0.39, 0.29) is 11.8 Å². The minimum Gasteiger partial charge on any atom is -0.355 e. The average molecular weight is 208 g/mol. The van der Waals surface area contributed by atoms with Crippen LogP contribution in [0.4, 0.5) is 5.82 Å². The number of nitrogens with two attached hydrogens (primary N) is 1. The highest BCUT2D eigenvalue weighted by Crippen LogP contribution is 2.16. The van der Waals surface area contributed by atoms with E-state index in [1.165, 1.54) is 0 Å². The van der Waals surface area contributed by atoms with E-state index >= 15 is 0 Å². The summed E-state index contributed by atoms with van der Waals surface area (Å²) in [5, 5.41) is 2.56. The van der Waals surface area contributed by atoms with Gasteiger partial charge in [0.15, 0.2) is 0 Å². The Morgan fingerprint density at radius 2 is 2.13 bits per heavy atom. The lowest BCUT2D eigenvalue weighted by Crippen LogP contribution is -2.19. The minimum absolute atomic E-state index is 0.143. The quantitative estimate of drug-likeness (QED) is 0.508. The van der Waals surface area contributed by atoms with Crippen LogP contribution in [0.1, 0.15) is 35.8 Å². The van der Waals surface area contributed by atoms with Crippen LogP contribution in [0.25, 0.3) is 0 Å². The second-order valence-corrected chi connectivity index (χ2v) is 3.54. The van der Waals surface area contributed by atoms with Gasteiger partial charge in [-0.15, -0.1) is 0 Å². The lowest BCUT2D eigenvalue weighted by Gasteiger charge is -2.09. The molecule has 0 saturated heterocycles. The molecule has 0 aliphatic rings. The predicted molar refractivity (Wildman–Crippen MR) is 59.5 cm³/mol. The van der Waals surface area contributed by atoms with Crippen LogP contribution in [0.3, 0.4) is 0 Å². The van der Waals surface area contributed by atoms with Crippen LogP contribution in [-0.4, -0.2) is 17.9 Å². The summed E-state index contributed by atoms with van der Waals surface area (Å²) in [4.78, 5) is 15.7. The maximum atomic E-state index is 11.4. The molecule has 82 valence electrons. The molecule has 1 rings (SSSR count). The van der Waals surface area contributed by atoms with Crippen LogP contribution in [0.5, 0.6) is 0 Å². The summed E-state index contributed by atoms with van der Waals surface area (Å²) in [6.45, 7) is 4.02. The summed E-state index contributed by atoms with van der Waals surface area (Å²) in [5.74, 6) is 5.89. The van der Waals surface area contributed by atoms with Crippen LogP contribution in [0.2, 0.25) is 0 Å². The highest BCUT2D eigenvalue weighted by molar-refractivity contribution is 5.94. The first kappa shape index (κ1) is 11.5. The Hall–Kier alpha value is -1.62. The van der Waals surface area contributed by atoms with Crippen molar-refractivity contribution in [3.05, 3.63) is 23.4 Å². The van der Waals surface area contributed by atoms with Gasteiger partial charge in [-0.1, -0.05) is 13.8 Å². The van der Waals surface area contributed by atoms with Crippen molar-refractivity contribution in [2.75, 3.05) is 12.5 Å². The van der Waals surface area contributed by atoms with Crippen LogP contribution in [-0.2, 0) is 0 Å². The second kappa shape index (κ2) is 4.75. The predicted octanol–water partition coefficient (Wildman–Crippen LogP) is 0.850. The van der Waals surface area contributed by atoms with Crippen molar-refractivity contribution < 1.29 is 4.79 Å². The first-order valence-electron chi connectivity index (χ1n) is 4.79. The molecule has 0 fully saturated rings. The number of carbonyl (C=O) groups is 1. The smallest absolute Gasteiger partial charge is 0.251 e. The molecule has 1 heterocycles. The third-order valence-electron chi connectivity index (χ3n) is 2.07. The molecule has 15 heavy (non-hydrogen) atoms. The highest BCUT2D eigenvalue weighted by atomic mass is 16.1. The summed E-state index contributed by atoms with van der Waals surface area (Å²) < 4.78 is 0. The third kappa shape index (κ3) is 2.66. The fraction of sp³-hybridized carbons (Fsp3) is 0.400. The number of nitrogen functional groups attached to an aromatic ring is 1. The number of carbonyl (C=O) groups excluding carboxylic acids is 1. The number of hydrazine groups is 1. The molecule has 0 radical (unpaired) electrons. The zero-order chi connectivity index (χ0) is 11.4. The van der Waals surface area contributed by atoms with E-state index in [1.807, 2.05) is 13.8 Å². The number of anilines is 1. The van der Waals surface area contributed by atoms with Crippen LogP contribution in [0.15, 0.2) is 12.1 Å². The summed E-state index contributed by atoms with van der Waals surface area (Å²) in [7, 11) is 1.59. The first-order valence-corrected chi connectivity index (χ1v) is 4.79. The molecular weight excluding hydrogens is 192 g/mol. The van der Waals surface area contributed by atoms with Crippen LogP contribution >= 0.6 is 0 Å². The van der Waals surface area contributed by atoms with Gasteiger partial charge in [0, 0.05) is 18.3 Å². The lowest BCUT2D eigenvalue weighted by molar-refractivity contribution is 0.0963. The number of amides is 1. The number of nitrogens with zero attached hydrogens (tertiary/aromatic N) is 1. The normalized spacial score (nSPS) is 10.2. The third-order valence-corrected chi connectivity index (χ3v) is 2.07. The van der Waals surface area contributed by atoms with Gasteiger partial charge < -0.3 is 10.7 Å². The van der Waals surface area contributed by atoms with Crippen molar-refractivity contribution in [1.82, 2.24) is 10.3 Å². The van der Waals surface area contributed by atoms with E-state index in [4.69, 9.17) is 5.84 Å². The standard InChI is InChI=1S/C10H16N4O/c1-6(2)8-4-7(10(15)12-3)5-9(13-8)14-11/h4-6H,11H2,1-3H3,(H,12,15)(H,13,14). The Bertz CT molecular complexity index is 362. The highest BCUT2D eigenvalue weighted by Gasteiger charge is 2.09. The van der Waals surface area contributed by atoms with Gasteiger partial charge in [-0.05, 0) is 18.1 Å². The van der Waals surface area contributed by atoms with Crippen molar-refractivity contribution in [3.63, 3.8) is 0 Å². The van der Waals surface area contributed by atoms with Crippen molar-refractivity contribution in [1.29, 1.82) is 0 Å². The van der Waals surface area contributed by atoms with Crippen molar-refractivity contribution >= 4 is 11.7 Å². The number of nitrogens with one attached hydrogen (secondary N) is 2. The van der Waals surface area contributed by atoms with E-state index < -0.39 is 0 Å². The average Bonchev–Trinajstić information content (AvgIpc) is 2.27. The van der Waals surface area contributed by atoms with Gasteiger partial charge in [-0.25, -0.2) is 10.8 Å². The lowest BCUT2D eigenvalue weighted by atomic mass is 10.1. The molecule has 1 aromatic rings. The molecule has 5 heteroatoms. The number of pyridine rings is 1. The number of aromatic nitrogens is 1. The maximum absolute atomic E-state index is 11.4. The molecule has 1 aromatic heterocycles. The van der Waals surface area contributed by atoms with E-state index in [1.54, 1.807) is 19.2 Å². The molecule has 0 bridgehead atoms. The van der Waals surface area contributed by atoms with Crippen molar-refractivity contribution in [3.8, 4) is 0 Å². The van der Waals surface area contributed by atoms with Gasteiger partial charge in [0.1, 0.15) is 5.82 Å². The summed E-state index contributed by atoms with van der Waals surface area (Å²) in [6, 6.07) is 3.38. The van der Waals surface area contributed by atoms with Crippen molar-refractivity contribution in [2.45, 2.75) is 19.8 Å². The SMILES string of the molecule is CNC(=O)c1cc(NN)nc(C(C)C)c1. The Morgan fingerprint density at radius 1 is 1.47 bits per heavy atom. The van der Waals surface area contributed by atoms with Gasteiger partial charge >= 0.3 is 0 Å². The molecule has 0 unspecified atom stereocenters. The fourth-order valence-electron chi connectivity index (χ4n) is 1.20. The van der Waals surface area contributed by atoms with Gasteiger partial charge in [0.05, 0.1) is 0 Å². The molecule has 0 aliphatic heterocycles. The van der Waals surface area contributed by atoms with E-state index in [0.717, 1.165) is 5.69 Å². The fourth-order valence-corrected chi connectivity index (χ4v) is 1.20. The Balaban J connectivity index is 3.17. The van der Waals surface area contributed by atoms with Crippen LogP contribution < -0.4 is 16.6 Å². The molecule has 0 saturated carbocycles. The summed E-state index contributed by atoms with van der Waals surface area (Å²) in [5.41, 5.74) is 3.85. The zero-order valence-corrected chi connectivity index (χ0v) is 9.16. The Morgan fingerprint density at radius 3 is 2.60 bits per heavy atom. The van der Waals surface area contributed by atoms with Gasteiger partial charge in [0.25, 0.3) is 5.91 Å². The molecular formula is C10H16N4O. The first-order chi connectivity index (χ1) is 7.08. The van der Waals surface area contributed by atoms with Gasteiger partial charge in [0.2, 0.25) is 0 Å². The van der Waals surface area contributed by atoms with Gasteiger partial charge in [-0.2, -0.15) is 0 Å². The van der Waals surface area contributed by atoms with Crippen LogP contribution in [0, 0.1) is 0 Å². The maximum Gasteiger partial charge on any atom is 0.251 e. The molecule has 5 nitrogen and oxygen atoms in total. The topological polar surface area (TPSA) is 80.0 Å². The number of rotatable bonds is 3. The van der Waals surface area contributed by atoms with Crippen molar-refractivity contribution in [2.24, 2.45) is 5.84 Å². The number of hydrogen-bond donors (Lipinski definition) is 3. The number of hydrogen-bond acceptors (Lipinski definition) is 4. The Labute approximate surface area is 89.0 Å². The molecule has 0 spiro atoms.